The van der Waals surface area contributed by atoms with Crippen LogP contribution in [0.1, 0.15) is 38.4 Å². The summed E-state index contributed by atoms with van der Waals surface area (Å²) in [6.45, 7) is 6.98. The molecule has 31 heavy (non-hydrogen) atoms. The number of carbonyl (C=O) groups is 1. The number of hydrogen-bond donors (Lipinski definition) is 0. The van der Waals surface area contributed by atoms with E-state index < -0.39 is 15.4 Å². The van der Waals surface area contributed by atoms with Gasteiger partial charge in [0, 0.05) is 25.5 Å². The smallest absolute Gasteiger partial charge is 0.410 e. The van der Waals surface area contributed by atoms with Gasteiger partial charge in [-0.15, -0.1) is 0 Å². The van der Waals surface area contributed by atoms with Crippen LogP contribution < -0.4 is 4.74 Å². The van der Waals surface area contributed by atoms with Crippen molar-refractivity contribution in [1.82, 2.24) is 9.88 Å². The van der Waals surface area contributed by atoms with Crippen molar-refractivity contribution in [2.75, 3.05) is 19.3 Å². The summed E-state index contributed by atoms with van der Waals surface area (Å²) in [6.07, 6.45) is 5.46. The number of pyridine rings is 1. The lowest BCUT2D eigenvalue weighted by atomic mass is 10.0. The SMILES string of the molecule is CC(C)(C)OC(=O)N1CC=C(c2ccc(COc3ccc(S(C)(=O)=O)cc3)nc2)CC1. The van der Waals surface area contributed by atoms with Crippen LogP contribution in [-0.4, -0.2) is 49.3 Å². The van der Waals surface area contributed by atoms with Gasteiger partial charge in [-0.05, 0) is 68.7 Å². The van der Waals surface area contributed by atoms with Crippen molar-refractivity contribution < 1.29 is 22.7 Å². The van der Waals surface area contributed by atoms with Gasteiger partial charge in [-0.2, -0.15) is 0 Å². The van der Waals surface area contributed by atoms with Crippen LogP contribution in [0.25, 0.3) is 5.57 Å². The summed E-state index contributed by atoms with van der Waals surface area (Å²) in [7, 11) is -3.22. The highest BCUT2D eigenvalue weighted by molar-refractivity contribution is 7.90. The Morgan fingerprint density at radius 1 is 1.13 bits per heavy atom. The van der Waals surface area contributed by atoms with Gasteiger partial charge in [-0.25, -0.2) is 13.2 Å². The third-order valence-corrected chi connectivity index (χ3v) is 5.82. The molecule has 1 aliphatic heterocycles. The number of sulfone groups is 1. The van der Waals surface area contributed by atoms with E-state index >= 15 is 0 Å². The van der Waals surface area contributed by atoms with Crippen LogP contribution in [-0.2, 0) is 21.2 Å². The van der Waals surface area contributed by atoms with Crippen LogP contribution in [0.3, 0.4) is 0 Å². The molecule has 7 nitrogen and oxygen atoms in total. The second-order valence-electron chi connectivity index (χ2n) is 8.48. The summed E-state index contributed by atoms with van der Waals surface area (Å²) >= 11 is 0. The lowest BCUT2D eigenvalue weighted by Gasteiger charge is -2.29. The normalized spacial score (nSPS) is 14.7. The number of amides is 1. The monoisotopic (exact) mass is 444 g/mol. The Morgan fingerprint density at radius 3 is 2.35 bits per heavy atom. The average Bonchev–Trinajstić information content (AvgIpc) is 2.71. The van der Waals surface area contributed by atoms with E-state index in [0.29, 0.717) is 18.8 Å². The second kappa shape index (κ2) is 9.09. The van der Waals surface area contributed by atoms with E-state index in [2.05, 4.69) is 4.98 Å². The molecule has 0 saturated carbocycles. The Labute approximate surface area is 183 Å². The van der Waals surface area contributed by atoms with Gasteiger partial charge in [0.15, 0.2) is 9.84 Å². The maximum absolute atomic E-state index is 12.2. The number of rotatable bonds is 5. The average molecular weight is 445 g/mol. The number of benzene rings is 1. The zero-order chi connectivity index (χ0) is 22.6. The summed E-state index contributed by atoms with van der Waals surface area (Å²) in [5, 5.41) is 0. The van der Waals surface area contributed by atoms with Crippen LogP contribution in [0, 0.1) is 0 Å². The fourth-order valence-corrected chi connectivity index (χ4v) is 3.69. The standard InChI is InChI=1S/C23H28N2O5S/c1-23(2,3)30-22(26)25-13-11-17(12-14-25)18-5-6-19(24-15-18)16-29-20-7-9-21(10-8-20)31(4,27)28/h5-11,15H,12-14,16H2,1-4H3. The van der Waals surface area contributed by atoms with Crippen molar-refractivity contribution in [3.05, 3.63) is 59.9 Å². The van der Waals surface area contributed by atoms with E-state index in [9.17, 15) is 13.2 Å². The van der Waals surface area contributed by atoms with E-state index in [4.69, 9.17) is 9.47 Å². The molecular formula is C23H28N2O5S. The molecule has 0 saturated heterocycles. The Balaban J connectivity index is 1.55. The van der Waals surface area contributed by atoms with Gasteiger partial charge >= 0.3 is 6.09 Å². The first-order valence-corrected chi connectivity index (χ1v) is 12.0. The fraction of sp³-hybridized carbons (Fsp3) is 0.391. The molecule has 0 spiro atoms. The lowest BCUT2D eigenvalue weighted by molar-refractivity contribution is 0.0270. The molecule has 8 heteroatoms. The van der Waals surface area contributed by atoms with Crippen molar-refractivity contribution in [3.63, 3.8) is 0 Å². The van der Waals surface area contributed by atoms with E-state index in [0.717, 1.165) is 23.3 Å². The topological polar surface area (TPSA) is 85.8 Å². The molecule has 1 aromatic heterocycles. The van der Waals surface area contributed by atoms with E-state index in [1.54, 1.807) is 23.2 Å². The molecule has 2 heterocycles. The molecular weight excluding hydrogens is 416 g/mol. The fourth-order valence-electron chi connectivity index (χ4n) is 3.06. The van der Waals surface area contributed by atoms with Crippen LogP contribution >= 0.6 is 0 Å². The van der Waals surface area contributed by atoms with Crippen LogP contribution in [0.15, 0.2) is 53.6 Å². The third kappa shape index (κ3) is 6.55. The second-order valence-corrected chi connectivity index (χ2v) is 10.5. The van der Waals surface area contributed by atoms with Crippen LogP contribution in [0.5, 0.6) is 5.75 Å². The van der Waals surface area contributed by atoms with Gasteiger partial charge in [-0.1, -0.05) is 12.1 Å². The van der Waals surface area contributed by atoms with E-state index in [-0.39, 0.29) is 17.6 Å². The predicted octanol–water partition coefficient (Wildman–Crippen LogP) is 4.09. The van der Waals surface area contributed by atoms with Gasteiger partial charge in [0.25, 0.3) is 0 Å². The van der Waals surface area contributed by atoms with Gasteiger partial charge in [0.1, 0.15) is 18.0 Å². The minimum absolute atomic E-state index is 0.258. The molecule has 1 amide bonds. The lowest BCUT2D eigenvalue weighted by Crippen LogP contribution is -2.39. The molecule has 166 valence electrons. The van der Waals surface area contributed by atoms with E-state index in [1.807, 2.05) is 39.0 Å². The highest BCUT2D eigenvalue weighted by Crippen LogP contribution is 2.23. The highest BCUT2D eigenvalue weighted by atomic mass is 32.2. The molecule has 2 aromatic rings. The number of ether oxygens (including phenoxy) is 2. The zero-order valence-corrected chi connectivity index (χ0v) is 19.1. The van der Waals surface area contributed by atoms with Crippen LogP contribution in [0.2, 0.25) is 0 Å². The van der Waals surface area contributed by atoms with Gasteiger partial charge in [0.05, 0.1) is 10.6 Å². The van der Waals surface area contributed by atoms with Crippen molar-refractivity contribution in [3.8, 4) is 5.75 Å². The van der Waals surface area contributed by atoms with Crippen molar-refractivity contribution >= 4 is 21.5 Å². The Hall–Kier alpha value is -2.87. The number of aromatic nitrogens is 1. The molecule has 1 aliphatic rings. The minimum atomic E-state index is -3.22. The first-order chi connectivity index (χ1) is 14.5. The molecule has 0 radical (unpaired) electrons. The van der Waals surface area contributed by atoms with Gasteiger partial charge in [-0.3, -0.25) is 4.98 Å². The Morgan fingerprint density at radius 2 is 1.84 bits per heavy atom. The largest absolute Gasteiger partial charge is 0.487 e. The summed E-state index contributed by atoms with van der Waals surface area (Å²) in [6, 6.07) is 10.2. The number of carbonyl (C=O) groups excluding carboxylic acids is 1. The summed E-state index contributed by atoms with van der Waals surface area (Å²) in [5.41, 5.74) is 2.43. The van der Waals surface area contributed by atoms with Crippen molar-refractivity contribution in [2.45, 2.75) is 44.3 Å². The first-order valence-electron chi connectivity index (χ1n) is 10.1. The van der Waals surface area contributed by atoms with Gasteiger partial charge in [0.2, 0.25) is 0 Å². The Kier molecular flexibility index (Phi) is 6.69. The number of hydrogen-bond acceptors (Lipinski definition) is 6. The summed E-state index contributed by atoms with van der Waals surface area (Å²) in [5.74, 6) is 0.579. The maximum atomic E-state index is 12.2. The highest BCUT2D eigenvalue weighted by Gasteiger charge is 2.23. The molecule has 0 bridgehead atoms. The molecule has 0 unspecified atom stereocenters. The van der Waals surface area contributed by atoms with E-state index in [1.165, 1.54) is 18.4 Å². The molecule has 0 N–H and O–H groups in total. The van der Waals surface area contributed by atoms with Gasteiger partial charge < -0.3 is 14.4 Å². The zero-order valence-electron chi connectivity index (χ0n) is 18.3. The van der Waals surface area contributed by atoms with Crippen molar-refractivity contribution in [1.29, 1.82) is 0 Å². The Bertz CT molecular complexity index is 1050. The van der Waals surface area contributed by atoms with Crippen LogP contribution in [0.4, 0.5) is 4.79 Å². The first kappa shape index (κ1) is 22.8. The molecule has 0 aliphatic carbocycles. The quantitative estimate of drug-likeness (QED) is 0.691. The third-order valence-electron chi connectivity index (χ3n) is 4.69. The summed E-state index contributed by atoms with van der Waals surface area (Å²) in [4.78, 5) is 18.6. The number of nitrogens with zero attached hydrogens (tertiary/aromatic N) is 2. The molecule has 0 fully saturated rings. The predicted molar refractivity (Wildman–Crippen MR) is 119 cm³/mol. The maximum Gasteiger partial charge on any atom is 0.410 e. The summed E-state index contributed by atoms with van der Waals surface area (Å²) < 4.78 is 34.1. The van der Waals surface area contributed by atoms with Crippen molar-refractivity contribution in [2.24, 2.45) is 0 Å². The molecule has 3 rings (SSSR count). The minimum Gasteiger partial charge on any atom is -0.487 e. The molecule has 0 atom stereocenters. The molecule has 1 aromatic carbocycles.